The summed E-state index contributed by atoms with van der Waals surface area (Å²) in [6, 6.07) is 14.2. The van der Waals surface area contributed by atoms with Crippen molar-refractivity contribution in [3.05, 3.63) is 70.5 Å². The Kier molecular flexibility index (Phi) is 5.89. The molecule has 0 bridgehead atoms. The molecule has 2 aromatic rings. The van der Waals surface area contributed by atoms with Crippen LogP contribution < -0.4 is 5.32 Å². The van der Waals surface area contributed by atoms with E-state index >= 15 is 0 Å². The average Bonchev–Trinajstić information content (AvgIpc) is 2.63. The third-order valence-electron chi connectivity index (χ3n) is 4.37. The number of hydrogen-bond donors (Lipinski definition) is 1. The maximum Gasteiger partial charge on any atom is 0.317 e. The third-order valence-corrected chi connectivity index (χ3v) is 4.62. The van der Waals surface area contributed by atoms with Crippen LogP contribution in [0.15, 0.2) is 48.5 Å². The van der Waals surface area contributed by atoms with Gasteiger partial charge in [0, 0.05) is 49.9 Å². The van der Waals surface area contributed by atoms with E-state index in [0.717, 1.165) is 18.7 Å². The van der Waals surface area contributed by atoms with E-state index < -0.39 is 0 Å². The number of rotatable bonds is 4. The predicted molar refractivity (Wildman–Crippen MR) is 96.9 cm³/mol. The van der Waals surface area contributed by atoms with Crippen molar-refractivity contribution in [2.24, 2.45) is 0 Å². The third kappa shape index (κ3) is 4.94. The van der Waals surface area contributed by atoms with Gasteiger partial charge in [0.25, 0.3) is 0 Å². The summed E-state index contributed by atoms with van der Waals surface area (Å²) in [5.41, 5.74) is 1.71. The Balaban J connectivity index is 1.44. The van der Waals surface area contributed by atoms with E-state index in [-0.39, 0.29) is 11.8 Å². The van der Waals surface area contributed by atoms with Gasteiger partial charge in [-0.15, -0.1) is 0 Å². The second-order valence-corrected chi connectivity index (χ2v) is 6.58. The minimum Gasteiger partial charge on any atom is -0.334 e. The molecule has 4 nitrogen and oxygen atoms in total. The van der Waals surface area contributed by atoms with E-state index in [4.69, 9.17) is 11.6 Å². The van der Waals surface area contributed by atoms with E-state index in [2.05, 4.69) is 10.2 Å². The fraction of sp³-hybridized carbons (Fsp3) is 0.316. The fourth-order valence-corrected chi connectivity index (χ4v) is 2.99. The number of hydrogen-bond acceptors (Lipinski definition) is 2. The van der Waals surface area contributed by atoms with Crippen molar-refractivity contribution in [3.63, 3.8) is 0 Å². The zero-order valence-electron chi connectivity index (χ0n) is 13.9. The minimum atomic E-state index is -0.175. The molecule has 2 aromatic carbocycles. The first-order chi connectivity index (χ1) is 12.1. The summed E-state index contributed by atoms with van der Waals surface area (Å²) in [6.07, 6.45) is 0. The highest BCUT2D eigenvalue weighted by Gasteiger charge is 2.21. The molecule has 0 spiro atoms. The summed E-state index contributed by atoms with van der Waals surface area (Å²) in [4.78, 5) is 16.2. The molecule has 0 atom stereocenters. The van der Waals surface area contributed by atoms with Gasteiger partial charge in [-0.3, -0.25) is 4.90 Å². The van der Waals surface area contributed by atoms with Crippen LogP contribution >= 0.6 is 11.6 Å². The molecule has 1 N–H and O–H groups in total. The first-order valence-electron chi connectivity index (χ1n) is 8.35. The van der Waals surface area contributed by atoms with Crippen molar-refractivity contribution in [2.75, 3.05) is 26.2 Å². The van der Waals surface area contributed by atoms with Gasteiger partial charge >= 0.3 is 6.03 Å². The lowest BCUT2D eigenvalue weighted by molar-refractivity contribution is 0.134. The summed E-state index contributed by atoms with van der Waals surface area (Å²) in [5, 5.41) is 3.61. The molecule has 0 aliphatic carbocycles. The first kappa shape index (κ1) is 17.7. The number of amides is 2. The van der Waals surface area contributed by atoms with Gasteiger partial charge in [-0.1, -0.05) is 41.9 Å². The van der Waals surface area contributed by atoms with Crippen LogP contribution in [0.1, 0.15) is 11.1 Å². The van der Waals surface area contributed by atoms with Crippen LogP contribution in [-0.4, -0.2) is 42.0 Å². The number of benzene rings is 2. The zero-order valence-corrected chi connectivity index (χ0v) is 14.7. The molecule has 0 unspecified atom stereocenters. The standard InChI is InChI=1S/C19H21ClFN3O/c20-17-7-5-15(6-8-17)13-22-19(25)24-11-9-23(10-12-24)14-16-3-1-2-4-18(16)21/h1-8H,9-14H2,(H,22,25). The van der Waals surface area contributed by atoms with Gasteiger partial charge in [0.2, 0.25) is 0 Å². The van der Waals surface area contributed by atoms with Gasteiger partial charge in [-0.05, 0) is 23.8 Å². The fourth-order valence-electron chi connectivity index (χ4n) is 2.87. The second-order valence-electron chi connectivity index (χ2n) is 6.14. The lowest BCUT2D eigenvalue weighted by Gasteiger charge is -2.34. The average molecular weight is 362 g/mol. The molecular formula is C19H21ClFN3O. The Labute approximate surface area is 152 Å². The first-order valence-corrected chi connectivity index (χ1v) is 8.72. The van der Waals surface area contributed by atoms with Crippen molar-refractivity contribution in [1.29, 1.82) is 0 Å². The summed E-state index contributed by atoms with van der Waals surface area (Å²) < 4.78 is 13.7. The van der Waals surface area contributed by atoms with Crippen LogP contribution in [0.2, 0.25) is 5.02 Å². The summed E-state index contributed by atoms with van der Waals surface area (Å²) in [6.45, 7) is 3.81. The minimum absolute atomic E-state index is 0.0690. The molecule has 0 radical (unpaired) electrons. The second kappa shape index (κ2) is 8.32. The number of halogens is 2. The molecule has 3 rings (SSSR count). The van der Waals surface area contributed by atoms with Crippen molar-refractivity contribution >= 4 is 17.6 Å². The maximum absolute atomic E-state index is 13.7. The highest BCUT2D eigenvalue weighted by atomic mass is 35.5. The molecule has 1 heterocycles. The predicted octanol–water partition coefficient (Wildman–Crippen LogP) is 3.51. The molecule has 1 saturated heterocycles. The molecule has 25 heavy (non-hydrogen) atoms. The number of urea groups is 1. The summed E-state index contributed by atoms with van der Waals surface area (Å²) >= 11 is 5.85. The van der Waals surface area contributed by atoms with Gasteiger partial charge in [0.05, 0.1) is 0 Å². The Hall–Kier alpha value is -2.11. The van der Waals surface area contributed by atoms with E-state index in [1.165, 1.54) is 6.07 Å². The smallest absolute Gasteiger partial charge is 0.317 e. The topological polar surface area (TPSA) is 35.6 Å². The van der Waals surface area contributed by atoms with Crippen molar-refractivity contribution in [3.8, 4) is 0 Å². The largest absolute Gasteiger partial charge is 0.334 e. The molecule has 2 amide bonds. The monoisotopic (exact) mass is 361 g/mol. The van der Waals surface area contributed by atoms with E-state index in [0.29, 0.717) is 36.8 Å². The van der Waals surface area contributed by atoms with Crippen LogP contribution in [-0.2, 0) is 13.1 Å². The van der Waals surface area contributed by atoms with Gasteiger partial charge in [0.15, 0.2) is 0 Å². The van der Waals surface area contributed by atoms with Crippen LogP contribution in [0.25, 0.3) is 0 Å². The van der Waals surface area contributed by atoms with Gasteiger partial charge in [-0.2, -0.15) is 0 Å². The van der Waals surface area contributed by atoms with E-state index in [1.54, 1.807) is 17.0 Å². The molecule has 0 aromatic heterocycles. The Bertz CT molecular complexity index is 715. The molecule has 0 saturated carbocycles. The number of nitrogens with zero attached hydrogens (tertiary/aromatic N) is 2. The van der Waals surface area contributed by atoms with E-state index in [1.807, 2.05) is 30.3 Å². The van der Waals surface area contributed by atoms with Crippen LogP contribution in [0.3, 0.4) is 0 Å². The Morgan fingerprint density at radius 1 is 1.04 bits per heavy atom. The van der Waals surface area contributed by atoms with Crippen LogP contribution in [0.4, 0.5) is 9.18 Å². The quantitative estimate of drug-likeness (QED) is 0.904. The van der Waals surface area contributed by atoms with Crippen molar-refractivity contribution in [2.45, 2.75) is 13.1 Å². The molecule has 1 fully saturated rings. The van der Waals surface area contributed by atoms with Gasteiger partial charge in [-0.25, -0.2) is 9.18 Å². The van der Waals surface area contributed by atoms with E-state index in [9.17, 15) is 9.18 Å². The Morgan fingerprint density at radius 2 is 1.72 bits per heavy atom. The lowest BCUT2D eigenvalue weighted by Crippen LogP contribution is -2.51. The van der Waals surface area contributed by atoms with Crippen molar-refractivity contribution in [1.82, 2.24) is 15.1 Å². The van der Waals surface area contributed by atoms with Crippen molar-refractivity contribution < 1.29 is 9.18 Å². The number of carbonyl (C=O) groups excluding carboxylic acids is 1. The normalized spacial score (nSPS) is 15.2. The number of piperazine rings is 1. The maximum atomic E-state index is 13.7. The molecule has 1 aliphatic rings. The highest BCUT2D eigenvalue weighted by Crippen LogP contribution is 2.12. The highest BCUT2D eigenvalue weighted by molar-refractivity contribution is 6.30. The van der Waals surface area contributed by atoms with Crippen LogP contribution in [0.5, 0.6) is 0 Å². The molecule has 6 heteroatoms. The van der Waals surface area contributed by atoms with Gasteiger partial charge < -0.3 is 10.2 Å². The lowest BCUT2D eigenvalue weighted by atomic mass is 10.2. The summed E-state index contributed by atoms with van der Waals surface area (Å²) in [5.74, 6) is -0.175. The summed E-state index contributed by atoms with van der Waals surface area (Å²) in [7, 11) is 0. The molecular weight excluding hydrogens is 341 g/mol. The zero-order chi connectivity index (χ0) is 17.6. The van der Waals surface area contributed by atoms with Gasteiger partial charge in [0.1, 0.15) is 5.82 Å². The molecule has 1 aliphatic heterocycles. The SMILES string of the molecule is O=C(NCc1ccc(Cl)cc1)N1CCN(Cc2ccccc2F)CC1. The molecule has 132 valence electrons. The number of nitrogens with one attached hydrogen (secondary N) is 1. The number of carbonyl (C=O) groups is 1. The van der Waals surface area contributed by atoms with Crippen LogP contribution in [0, 0.1) is 5.82 Å². The Morgan fingerprint density at radius 3 is 2.40 bits per heavy atom.